The van der Waals surface area contributed by atoms with Gasteiger partial charge in [-0.3, -0.25) is 4.99 Å². The highest BCUT2D eigenvalue weighted by Gasteiger charge is 2.38. The number of hydrogen-bond acceptors (Lipinski definition) is 3. The summed E-state index contributed by atoms with van der Waals surface area (Å²) in [6.45, 7) is 4.57. The van der Waals surface area contributed by atoms with E-state index in [0.29, 0.717) is 18.1 Å². The lowest BCUT2D eigenvalue weighted by Crippen LogP contribution is -2.64. The molecule has 2 aliphatic carbocycles. The molecule has 2 N–H and O–H groups in total. The SMILES string of the molecule is CC1(C)NC2CCCCC2N=C1NC1CCCCC1. The van der Waals surface area contributed by atoms with Gasteiger partial charge in [-0.1, -0.05) is 32.1 Å². The molecule has 1 heterocycles. The highest BCUT2D eigenvalue weighted by atomic mass is 15.2. The van der Waals surface area contributed by atoms with Crippen LogP contribution in [0.2, 0.25) is 0 Å². The molecule has 3 heteroatoms. The van der Waals surface area contributed by atoms with Crippen molar-refractivity contribution in [1.29, 1.82) is 0 Å². The highest BCUT2D eigenvalue weighted by molar-refractivity contribution is 5.92. The van der Waals surface area contributed by atoms with Gasteiger partial charge in [0, 0.05) is 12.1 Å². The minimum atomic E-state index is 0.0238. The molecule has 2 atom stereocenters. The molecule has 0 aromatic rings. The number of nitrogens with zero attached hydrogens (tertiary/aromatic N) is 1. The smallest absolute Gasteiger partial charge is 0.117 e. The van der Waals surface area contributed by atoms with Crippen molar-refractivity contribution in [2.45, 2.75) is 95.3 Å². The summed E-state index contributed by atoms with van der Waals surface area (Å²) in [6, 6.07) is 1.79. The lowest BCUT2D eigenvalue weighted by atomic mass is 9.85. The first-order valence-corrected chi connectivity index (χ1v) is 8.28. The fourth-order valence-corrected chi connectivity index (χ4v) is 3.95. The fraction of sp³-hybridized carbons (Fsp3) is 0.938. The van der Waals surface area contributed by atoms with E-state index in [4.69, 9.17) is 4.99 Å². The van der Waals surface area contributed by atoms with E-state index in [-0.39, 0.29) is 5.54 Å². The Morgan fingerprint density at radius 2 is 1.68 bits per heavy atom. The zero-order chi connectivity index (χ0) is 13.3. The lowest BCUT2D eigenvalue weighted by Gasteiger charge is -2.44. The third-order valence-electron chi connectivity index (χ3n) is 5.11. The van der Waals surface area contributed by atoms with Crippen LogP contribution < -0.4 is 10.6 Å². The Morgan fingerprint density at radius 3 is 2.47 bits per heavy atom. The fourth-order valence-electron chi connectivity index (χ4n) is 3.95. The van der Waals surface area contributed by atoms with E-state index in [1.165, 1.54) is 63.6 Å². The average Bonchev–Trinajstić information content (AvgIpc) is 2.40. The summed E-state index contributed by atoms with van der Waals surface area (Å²) in [6.07, 6.45) is 12.1. The van der Waals surface area contributed by atoms with Gasteiger partial charge in [-0.05, 0) is 39.5 Å². The molecular formula is C16H29N3. The Kier molecular flexibility index (Phi) is 3.84. The molecule has 0 radical (unpaired) electrons. The standard InChI is InChI=1S/C16H29N3/c1-16(2)15(17-12-8-4-3-5-9-12)18-13-10-6-7-11-14(13)19-16/h12-14,19H,3-11H2,1-2H3,(H,17,18). The Labute approximate surface area is 117 Å². The van der Waals surface area contributed by atoms with Crippen LogP contribution in [-0.2, 0) is 0 Å². The van der Waals surface area contributed by atoms with Gasteiger partial charge in [-0.2, -0.15) is 0 Å². The first kappa shape index (κ1) is 13.4. The summed E-state index contributed by atoms with van der Waals surface area (Å²) >= 11 is 0. The zero-order valence-electron chi connectivity index (χ0n) is 12.5. The summed E-state index contributed by atoms with van der Waals surface area (Å²) in [7, 11) is 0. The second-order valence-electron chi connectivity index (χ2n) is 7.18. The molecule has 0 aromatic heterocycles. The van der Waals surface area contributed by atoms with E-state index in [1.54, 1.807) is 0 Å². The van der Waals surface area contributed by atoms with Crippen molar-refractivity contribution >= 4 is 5.84 Å². The van der Waals surface area contributed by atoms with Crippen molar-refractivity contribution in [1.82, 2.24) is 10.6 Å². The first-order chi connectivity index (χ1) is 9.15. The van der Waals surface area contributed by atoms with E-state index in [0.717, 1.165) is 0 Å². The lowest BCUT2D eigenvalue weighted by molar-refractivity contribution is 0.265. The van der Waals surface area contributed by atoms with E-state index >= 15 is 0 Å². The van der Waals surface area contributed by atoms with Crippen LogP contribution in [0.25, 0.3) is 0 Å². The van der Waals surface area contributed by atoms with Gasteiger partial charge in [-0.25, -0.2) is 0 Å². The average molecular weight is 263 g/mol. The monoisotopic (exact) mass is 263 g/mol. The van der Waals surface area contributed by atoms with Crippen molar-refractivity contribution in [3.05, 3.63) is 0 Å². The summed E-state index contributed by atoms with van der Waals surface area (Å²) in [5, 5.41) is 7.61. The van der Waals surface area contributed by atoms with Crippen molar-refractivity contribution < 1.29 is 0 Å². The van der Waals surface area contributed by atoms with Gasteiger partial charge >= 0.3 is 0 Å². The molecule has 3 rings (SSSR count). The topological polar surface area (TPSA) is 36.4 Å². The molecule has 2 saturated carbocycles. The molecular weight excluding hydrogens is 234 g/mol. The molecule has 3 nitrogen and oxygen atoms in total. The van der Waals surface area contributed by atoms with Crippen molar-refractivity contribution in [3.8, 4) is 0 Å². The number of hydrogen-bond donors (Lipinski definition) is 2. The summed E-state index contributed by atoms with van der Waals surface area (Å²) < 4.78 is 0. The Bertz CT molecular complexity index is 342. The number of aliphatic imine (C=N–C) groups is 1. The molecule has 1 aliphatic heterocycles. The minimum Gasteiger partial charge on any atom is -0.370 e. The van der Waals surface area contributed by atoms with E-state index in [1.807, 2.05) is 0 Å². The van der Waals surface area contributed by atoms with Crippen molar-refractivity contribution in [2.75, 3.05) is 0 Å². The van der Waals surface area contributed by atoms with Crippen LogP contribution in [0.3, 0.4) is 0 Å². The van der Waals surface area contributed by atoms with Crippen LogP contribution in [0.1, 0.15) is 71.6 Å². The van der Waals surface area contributed by atoms with Crippen LogP contribution in [0.15, 0.2) is 4.99 Å². The van der Waals surface area contributed by atoms with Gasteiger partial charge in [0.2, 0.25) is 0 Å². The summed E-state index contributed by atoms with van der Waals surface area (Å²) in [4.78, 5) is 5.09. The van der Waals surface area contributed by atoms with Crippen molar-refractivity contribution in [3.63, 3.8) is 0 Å². The largest absolute Gasteiger partial charge is 0.370 e. The molecule has 2 fully saturated rings. The second-order valence-corrected chi connectivity index (χ2v) is 7.18. The van der Waals surface area contributed by atoms with Crippen LogP contribution in [0, 0.1) is 0 Å². The Balaban J connectivity index is 1.71. The number of rotatable bonds is 1. The van der Waals surface area contributed by atoms with Crippen LogP contribution in [-0.4, -0.2) is 29.5 Å². The van der Waals surface area contributed by atoms with E-state index in [9.17, 15) is 0 Å². The maximum Gasteiger partial charge on any atom is 0.117 e. The predicted octanol–water partition coefficient (Wildman–Crippen LogP) is 3.00. The summed E-state index contributed by atoms with van der Waals surface area (Å²) in [5.41, 5.74) is 0.0238. The molecule has 0 aromatic carbocycles. The second kappa shape index (κ2) is 5.43. The number of nitrogens with one attached hydrogen (secondary N) is 2. The molecule has 2 unspecified atom stereocenters. The summed E-state index contributed by atoms with van der Waals surface area (Å²) in [5.74, 6) is 1.22. The first-order valence-electron chi connectivity index (χ1n) is 8.28. The number of fused-ring (bicyclic) bond motifs is 1. The Hall–Kier alpha value is -0.570. The molecule has 0 bridgehead atoms. The van der Waals surface area contributed by atoms with Gasteiger partial charge in [-0.15, -0.1) is 0 Å². The van der Waals surface area contributed by atoms with Crippen LogP contribution in [0.5, 0.6) is 0 Å². The maximum atomic E-state index is 5.09. The van der Waals surface area contributed by atoms with E-state index in [2.05, 4.69) is 24.5 Å². The molecule has 0 amide bonds. The molecule has 3 aliphatic rings. The van der Waals surface area contributed by atoms with E-state index < -0.39 is 0 Å². The maximum absolute atomic E-state index is 5.09. The van der Waals surface area contributed by atoms with Gasteiger partial charge in [0.1, 0.15) is 5.84 Å². The quantitative estimate of drug-likeness (QED) is 0.763. The zero-order valence-corrected chi connectivity index (χ0v) is 12.5. The predicted molar refractivity (Wildman–Crippen MR) is 80.7 cm³/mol. The third kappa shape index (κ3) is 2.96. The van der Waals surface area contributed by atoms with Crippen molar-refractivity contribution in [2.24, 2.45) is 4.99 Å². The minimum absolute atomic E-state index is 0.0238. The molecule has 108 valence electrons. The van der Waals surface area contributed by atoms with Crippen LogP contribution in [0.4, 0.5) is 0 Å². The Morgan fingerprint density at radius 1 is 1.00 bits per heavy atom. The molecule has 0 saturated heterocycles. The molecule has 0 spiro atoms. The highest BCUT2D eigenvalue weighted by Crippen LogP contribution is 2.28. The van der Waals surface area contributed by atoms with Crippen LogP contribution >= 0.6 is 0 Å². The molecule has 19 heavy (non-hydrogen) atoms. The van der Waals surface area contributed by atoms with Gasteiger partial charge in [0.25, 0.3) is 0 Å². The van der Waals surface area contributed by atoms with Gasteiger partial charge in [0.05, 0.1) is 11.6 Å². The third-order valence-corrected chi connectivity index (χ3v) is 5.11. The van der Waals surface area contributed by atoms with Gasteiger partial charge in [0.15, 0.2) is 0 Å². The number of amidine groups is 1. The van der Waals surface area contributed by atoms with Gasteiger partial charge < -0.3 is 10.6 Å². The normalized spacial score (nSPS) is 35.4.